The third kappa shape index (κ3) is 5.07. The molecule has 0 radical (unpaired) electrons. The van der Waals surface area contributed by atoms with E-state index in [1.54, 1.807) is 0 Å². The van der Waals surface area contributed by atoms with Gasteiger partial charge in [-0.05, 0) is 26.7 Å². The molecule has 0 aliphatic carbocycles. The SMILES string of the molecule is CC[N+](CC)(CC)CCOC(=O)C(C)C(C)C. The molecule has 102 valence electrons. The summed E-state index contributed by atoms with van der Waals surface area (Å²) in [5, 5.41) is 0. The van der Waals surface area contributed by atoms with Crippen LogP contribution in [-0.4, -0.2) is 43.2 Å². The van der Waals surface area contributed by atoms with Crippen molar-refractivity contribution in [2.45, 2.75) is 41.5 Å². The minimum atomic E-state index is -0.0543. The van der Waals surface area contributed by atoms with Crippen LogP contribution in [0.25, 0.3) is 0 Å². The average Bonchev–Trinajstić information content (AvgIpc) is 2.34. The van der Waals surface area contributed by atoms with Crippen LogP contribution >= 0.6 is 0 Å². The number of likely N-dealkylation sites (N-methyl/N-ethyl adjacent to an activating group) is 1. The highest BCUT2D eigenvalue weighted by atomic mass is 16.5. The van der Waals surface area contributed by atoms with E-state index in [2.05, 4.69) is 34.6 Å². The summed E-state index contributed by atoms with van der Waals surface area (Å²) < 4.78 is 6.40. The summed E-state index contributed by atoms with van der Waals surface area (Å²) in [6, 6.07) is 0. The largest absolute Gasteiger partial charge is 0.459 e. The Morgan fingerprint density at radius 3 is 1.88 bits per heavy atom. The monoisotopic (exact) mass is 244 g/mol. The maximum Gasteiger partial charge on any atom is 0.309 e. The van der Waals surface area contributed by atoms with Crippen molar-refractivity contribution in [2.75, 3.05) is 32.8 Å². The Balaban J connectivity index is 4.09. The second-order valence-electron chi connectivity index (χ2n) is 5.21. The predicted molar refractivity (Wildman–Crippen MR) is 71.7 cm³/mol. The van der Waals surface area contributed by atoms with Crippen molar-refractivity contribution in [3.8, 4) is 0 Å². The number of esters is 1. The molecule has 1 unspecified atom stereocenters. The summed E-state index contributed by atoms with van der Waals surface area (Å²) in [5.41, 5.74) is 0. The second-order valence-corrected chi connectivity index (χ2v) is 5.21. The molecule has 0 rings (SSSR count). The van der Waals surface area contributed by atoms with Crippen LogP contribution in [0.2, 0.25) is 0 Å². The highest BCUT2D eigenvalue weighted by Gasteiger charge is 2.23. The molecule has 0 saturated carbocycles. The number of hydrogen-bond acceptors (Lipinski definition) is 2. The van der Waals surface area contributed by atoms with Gasteiger partial charge in [0.2, 0.25) is 0 Å². The molecular formula is C14H30NO2+. The Kier molecular flexibility index (Phi) is 7.44. The first-order valence-electron chi connectivity index (χ1n) is 6.94. The number of quaternary nitrogens is 1. The number of carbonyl (C=O) groups is 1. The van der Waals surface area contributed by atoms with Crippen molar-refractivity contribution in [3.63, 3.8) is 0 Å². The molecule has 0 fully saturated rings. The Morgan fingerprint density at radius 1 is 1.06 bits per heavy atom. The fraction of sp³-hybridized carbons (Fsp3) is 0.929. The molecule has 0 heterocycles. The van der Waals surface area contributed by atoms with Gasteiger partial charge < -0.3 is 9.22 Å². The summed E-state index contributed by atoms with van der Waals surface area (Å²) in [5.74, 6) is 0.300. The van der Waals surface area contributed by atoms with E-state index in [0.29, 0.717) is 12.5 Å². The smallest absolute Gasteiger partial charge is 0.309 e. The molecule has 0 spiro atoms. The van der Waals surface area contributed by atoms with Crippen molar-refractivity contribution >= 4 is 5.97 Å². The molecule has 0 aromatic heterocycles. The van der Waals surface area contributed by atoms with Gasteiger partial charge in [0.1, 0.15) is 13.2 Å². The lowest BCUT2D eigenvalue weighted by molar-refractivity contribution is -0.923. The first-order chi connectivity index (χ1) is 7.92. The van der Waals surface area contributed by atoms with E-state index >= 15 is 0 Å². The van der Waals surface area contributed by atoms with Gasteiger partial charge in [0.15, 0.2) is 0 Å². The molecule has 3 nitrogen and oxygen atoms in total. The number of hydrogen-bond donors (Lipinski definition) is 0. The van der Waals surface area contributed by atoms with E-state index in [-0.39, 0.29) is 11.9 Å². The highest BCUT2D eigenvalue weighted by Crippen LogP contribution is 2.12. The van der Waals surface area contributed by atoms with E-state index in [4.69, 9.17) is 4.74 Å². The maximum atomic E-state index is 11.7. The third-order valence-corrected chi connectivity index (χ3v) is 4.19. The minimum absolute atomic E-state index is 0.00165. The van der Waals surface area contributed by atoms with Gasteiger partial charge in [-0.2, -0.15) is 0 Å². The molecule has 0 saturated heterocycles. The Bertz CT molecular complexity index is 214. The van der Waals surface area contributed by atoms with E-state index < -0.39 is 0 Å². The standard InChI is InChI=1S/C14H30NO2/c1-7-15(8-2,9-3)10-11-17-14(16)13(6)12(4)5/h12-13H,7-11H2,1-6H3/q+1. The summed E-state index contributed by atoms with van der Waals surface area (Å²) in [4.78, 5) is 11.7. The van der Waals surface area contributed by atoms with E-state index in [1.807, 2.05) is 6.92 Å². The molecule has 17 heavy (non-hydrogen) atoms. The van der Waals surface area contributed by atoms with Crippen LogP contribution in [0.15, 0.2) is 0 Å². The molecule has 0 aromatic rings. The second kappa shape index (κ2) is 7.70. The van der Waals surface area contributed by atoms with Crippen molar-refractivity contribution in [2.24, 2.45) is 11.8 Å². The number of rotatable bonds is 8. The lowest BCUT2D eigenvalue weighted by Gasteiger charge is -2.35. The highest BCUT2D eigenvalue weighted by molar-refractivity contribution is 5.72. The van der Waals surface area contributed by atoms with Gasteiger partial charge in [0.05, 0.1) is 25.6 Å². The molecule has 0 N–H and O–H groups in total. The Morgan fingerprint density at radius 2 is 1.53 bits per heavy atom. The van der Waals surface area contributed by atoms with Crippen molar-refractivity contribution in [3.05, 3.63) is 0 Å². The van der Waals surface area contributed by atoms with Crippen molar-refractivity contribution in [1.82, 2.24) is 0 Å². The van der Waals surface area contributed by atoms with Gasteiger partial charge in [0.25, 0.3) is 0 Å². The molecule has 0 aromatic carbocycles. The molecule has 0 bridgehead atoms. The average molecular weight is 244 g/mol. The molecule has 0 amide bonds. The molecule has 0 aliphatic heterocycles. The summed E-state index contributed by atoms with van der Waals surface area (Å²) in [6.07, 6.45) is 0. The third-order valence-electron chi connectivity index (χ3n) is 4.19. The quantitative estimate of drug-likeness (QED) is 0.485. The minimum Gasteiger partial charge on any atom is -0.459 e. The first-order valence-corrected chi connectivity index (χ1v) is 6.94. The topological polar surface area (TPSA) is 26.3 Å². The number of nitrogens with zero attached hydrogens (tertiary/aromatic N) is 1. The van der Waals surface area contributed by atoms with Gasteiger partial charge in [0, 0.05) is 0 Å². The number of ether oxygens (including phenoxy) is 1. The van der Waals surface area contributed by atoms with Crippen LogP contribution in [0, 0.1) is 11.8 Å². The summed E-state index contributed by atoms with van der Waals surface area (Å²) >= 11 is 0. The lowest BCUT2D eigenvalue weighted by Crippen LogP contribution is -2.49. The fourth-order valence-corrected chi connectivity index (χ4v) is 1.89. The van der Waals surface area contributed by atoms with Gasteiger partial charge in [-0.1, -0.05) is 20.8 Å². The molecule has 1 atom stereocenters. The van der Waals surface area contributed by atoms with Crippen molar-refractivity contribution < 1.29 is 14.0 Å². The van der Waals surface area contributed by atoms with Crippen LogP contribution in [0.4, 0.5) is 0 Å². The van der Waals surface area contributed by atoms with Crippen LogP contribution in [0.1, 0.15) is 41.5 Å². The molecule has 0 aliphatic rings. The maximum absolute atomic E-state index is 11.7. The zero-order valence-corrected chi connectivity index (χ0v) is 12.5. The van der Waals surface area contributed by atoms with Crippen LogP contribution in [0.3, 0.4) is 0 Å². The van der Waals surface area contributed by atoms with Gasteiger partial charge in [-0.3, -0.25) is 4.79 Å². The zero-order chi connectivity index (χ0) is 13.5. The normalized spacial score (nSPS) is 13.8. The lowest BCUT2D eigenvalue weighted by atomic mass is 9.99. The fourth-order valence-electron chi connectivity index (χ4n) is 1.89. The zero-order valence-electron chi connectivity index (χ0n) is 12.5. The van der Waals surface area contributed by atoms with Gasteiger partial charge in [-0.25, -0.2) is 0 Å². The first kappa shape index (κ1) is 16.4. The van der Waals surface area contributed by atoms with Crippen LogP contribution in [-0.2, 0) is 9.53 Å². The van der Waals surface area contributed by atoms with Gasteiger partial charge >= 0.3 is 5.97 Å². The van der Waals surface area contributed by atoms with Crippen LogP contribution < -0.4 is 0 Å². The summed E-state index contributed by atoms with van der Waals surface area (Å²) in [7, 11) is 0. The van der Waals surface area contributed by atoms with Crippen molar-refractivity contribution in [1.29, 1.82) is 0 Å². The Hall–Kier alpha value is -0.570. The molecule has 3 heteroatoms. The van der Waals surface area contributed by atoms with Gasteiger partial charge in [-0.15, -0.1) is 0 Å². The summed E-state index contributed by atoms with van der Waals surface area (Å²) in [6.45, 7) is 17.4. The molecular weight excluding hydrogens is 214 g/mol. The Labute approximate surface area is 107 Å². The van der Waals surface area contributed by atoms with E-state index in [0.717, 1.165) is 30.7 Å². The number of carbonyl (C=O) groups excluding carboxylic acids is 1. The van der Waals surface area contributed by atoms with E-state index in [1.165, 1.54) is 0 Å². The predicted octanol–water partition coefficient (Wildman–Crippen LogP) is 2.70. The van der Waals surface area contributed by atoms with E-state index in [9.17, 15) is 4.79 Å². The van der Waals surface area contributed by atoms with Crippen LogP contribution in [0.5, 0.6) is 0 Å².